The fraction of sp³-hybridized carbons (Fsp3) is 0.294. The van der Waals surface area contributed by atoms with Crippen LogP contribution in [0.5, 0.6) is 5.75 Å². The van der Waals surface area contributed by atoms with E-state index in [1.165, 1.54) is 23.1 Å². The lowest BCUT2D eigenvalue weighted by Crippen LogP contribution is -2.24. The Morgan fingerprint density at radius 2 is 1.95 bits per heavy atom. The van der Waals surface area contributed by atoms with Crippen LogP contribution in [0, 0.1) is 0 Å². The topological polar surface area (TPSA) is 32.3 Å². The second kappa shape index (κ2) is 5.45. The van der Waals surface area contributed by atoms with Gasteiger partial charge in [0.15, 0.2) is 0 Å². The molecule has 2 heteroatoms. The Morgan fingerprint density at radius 1 is 1.11 bits per heavy atom. The lowest BCUT2D eigenvalue weighted by atomic mass is 9.87. The highest BCUT2D eigenvalue weighted by Gasteiger charge is 2.19. The summed E-state index contributed by atoms with van der Waals surface area (Å²) in [5, 5.41) is 13.3. The highest BCUT2D eigenvalue weighted by molar-refractivity contribution is 5.38. The van der Waals surface area contributed by atoms with Crippen LogP contribution < -0.4 is 5.32 Å². The van der Waals surface area contributed by atoms with Gasteiger partial charge in [0.1, 0.15) is 5.75 Å². The molecule has 19 heavy (non-hydrogen) atoms. The lowest BCUT2D eigenvalue weighted by molar-refractivity contribution is 0.446. The highest BCUT2D eigenvalue weighted by atomic mass is 16.3. The quantitative estimate of drug-likeness (QED) is 0.876. The van der Waals surface area contributed by atoms with Crippen LogP contribution in [0.3, 0.4) is 0 Å². The first kappa shape index (κ1) is 12.2. The van der Waals surface area contributed by atoms with Crippen molar-refractivity contribution in [1.29, 1.82) is 0 Å². The molecule has 0 saturated carbocycles. The predicted octanol–water partition coefficient (Wildman–Crippen LogP) is 3.56. The van der Waals surface area contributed by atoms with E-state index in [4.69, 9.17) is 0 Å². The van der Waals surface area contributed by atoms with Crippen LogP contribution in [0.4, 0.5) is 0 Å². The van der Waals surface area contributed by atoms with Gasteiger partial charge in [0.25, 0.3) is 0 Å². The van der Waals surface area contributed by atoms with Crippen LogP contribution in [0.1, 0.15) is 35.6 Å². The number of phenols is 1. The first-order valence-corrected chi connectivity index (χ1v) is 6.92. The molecule has 1 aliphatic rings. The van der Waals surface area contributed by atoms with Crippen molar-refractivity contribution < 1.29 is 5.11 Å². The van der Waals surface area contributed by atoms with Crippen LogP contribution in [0.25, 0.3) is 0 Å². The third-order valence-electron chi connectivity index (χ3n) is 3.84. The summed E-state index contributed by atoms with van der Waals surface area (Å²) in [7, 11) is 0. The van der Waals surface area contributed by atoms with E-state index in [9.17, 15) is 5.11 Å². The Morgan fingerprint density at radius 3 is 2.79 bits per heavy atom. The van der Waals surface area contributed by atoms with Crippen LogP contribution in [0.2, 0.25) is 0 Å². The van der Waals surface area contributed by atoms with Crippen molar-refractivity contribution >= 4 is 0 Å². The molecule has 2 aromatic rings. The van der Waals surface area contributed by atoms with Gasteiger partial charge in [-0.25, -0.2) is 0 Å². The number of hydrogen-bond acceptors (Lipinski definition) is 2. The minimum absolute atomic E-state index is 0.357. The van der Waals surface area contributed by atoms with Crippen LogP contribution >= 0.6 is 0 Å². The molecule has 2 nitrogen and oxygen atoms in total. The monoisotopic (exact) mass is 253 g/mol. The minimum atomic E-state index is 0.357. The molecule has 0 bridgehead atoms. The molecule has 0 aromatic heterocycles. The minimum Gasteiger partial charge on any atom is -0.508 e. The first-order chi connectivity index (χ1) is 9.33. The van der Waals surface area contributed by atoms with Gasteiger partial charge in [-0.05, 0) is 48.1 Å². The average molecular weight is 253 g/mol. The van der Waals surface area contributed by atoms with Crippen molar-refractivity contribution in [1.82, 2.24) is 5.32 Å². The van der Waals surface area contributed by atoms with Gasteiger partial charge in [-0.1, -0.05) is 36.4 Å². The summed E-state index contributed by atoms with van der Waals surface area (Å²) < 4.78 is 0. The average Bonchev–Trinajstić information content (AvgIpc) is 2.46. The summed E-state index contributed by atoms with van der Waals surface area (Å²) in [5.41, 5.74) is 3.94. The number of benzene rings is 2. The van der Waals surface area contributed by atoms with Gasteiger partial charge in [-0.3, -0.25) is 0 Å². The zero-order valence-corrected chi connectivity index (χ0v) is 11.0. The third kappa shape index (κ3) is 2.79. The maximum atomic E-state index is 9.66. The van der Waals surface area contributed by atoms with Crippen molar-refractivity contribution in [2.45, 2.75) is 31.8 Å². The molecule has 0 aliphatic heterocycles. The van der Waals surface area contributed by atoms with Crippen LogP contribution in [0.15, 0.2) is 48.5 Å². The molecule has 0 radical (unpaired) electrons. The maximum Gasteiger partial charge on any atom is 0.115 e. The largest absolute Gasteiger partial charge is 0.508 e. The summed E-state index contributed by atoms with van der Waals surface area (Å²) in [6.07, 6.45) is 3.48. The van der Waals surface area contributed by atoms with E-state index in [1.807, 2.05) is 12.1 Å². The van der Waals surface area contributed by atoms with E-state index in [-0.39, 0.29) is 0 Å². The fourth-order valence-electron chi connectivity index (χ4n) is 2.84. The van der Waals surface area contributed by atoms with E-state index in [1.54, 1.807) is 6.07 Å². The normalized spacial score (nSPS) is 18.0. The molecule has 0 amide bonds. The van der Waals surface area contributed by atoms with Gasteiger partial charge in [0, 0.05) is 12.6 Å². The van der Waals surface area contributed by atoms with Gasteiger partial charge in [0.2, 0.25) is 0 Å². The second-order valence-electron chi connectivity index (χ2n) is 5.19. The number of rotatable bonds is 3. The van der Waals surface area contributed by atoms with Gasteiger partial charge < -0.3 is 10.4 Å². The van der Waals surface area contributed by atoms with Crippen LogP contribution in [-0.2, 0) is 13.0 Å². The highest BCUT2D eigenvalue weighted by Crippen LogP contribution is 2.32. The van der Waals surface area contributed by atoms with E-state index >= 15 is 0 Å². The van der Waals surface area contributed by atoms with Crippen molar-refractivity contribution in [3.8, 4) is 5.75 Å². The number of aromatic hydroxyl groups is 1. The first-order valence-electron chi connectivity index (χ1n) is 6.92. The number of hydrogen-bond donors (Lipinski definition) is 2. The van der Waals surface area contributed by atoms with E-state index in [0.29, 0.717) is 11.8 Å². The lowest BCUT2D eigenvalue weighted by Gasteiger charge is -2.26. The van der Waals surface area contributed by atoms with E-state index in [2.05, 4.69) is 35.6 Å². The summed E-state index contributed by atoms with van der Waals surface area (Å²) in [4.78, 5) is 0. The number of fused-ring (bicyclic) bond motifs is 1. The Labute approximate surface area is 114 Å². The molecular weight excluding hydrogens is 234 g/mol. The number of aryl methyl sites for hydroxylation is 1. The predicted molar refractivity (Wildman–Crippen MR) is 77.1 cm³/mol. The molecule has 3 rings (SSSR count). The van der Waals surface area contributed by atoms with E-state index < -0.39 is 0 Å². The summed E-state index contributed by atoms with van der Waals surface area (Å²) in [6, 6.07) is 16.6. The van der Waals surface area contributed by atoms with Crippen molar-refractivity contribution in [2.24, 2.45) is 0 Å². The molecule has 0 fully saturated rings. The van der Waals surface area contributed by atoms with Crippen molar-refractivity contribution in [3.05, 3.63) is 65.2 Å². The maximum absolute atomic E-state index is 9.66. The summed E-state index contributed by atoms with van der Waals surface area (Å²) in [6.45, 7) is 0.876. The van der Waals surface area contributed by atoms with Gasteiger partial charge >= 0.3 is 0 Å². The number of nitrogens with one attached hydrogen (secondary N) is 1. The summed E-state index contributed by atoms with van der Waals surface area (Å²) in [5.74, 6) is 0.368. The molecule has 98 valence electrons. The summed E-state index contributed by atoms with van der Waals surface area (Å²) >= 11 is 0. The third-order valence-corrected chi connectivity index (χ3v) is 3.84. The Balaban J connectivity index is 1.75. The molecule has 0 spiro atoms. The van der Waals surface area contributed by atoms with Crippen molar-refractivity contribution in [3.63, 3.8) is 0 Å². The zero-order chi connectivity index (χ0) is 13.1. The number of phenolic OH excluding ortho intramolecular Hbond substituents is 1. The molecule has 1 aliphatic carbocycles. The SMILES string of the molecule is Oc1ccc2c(c1)C(NCc1ccccc1)CCC2. The molecule has 0 saturated heterocycles. The van der Waals surface area contributed by atoms with Crippen LogP contribution in [-0.4, -0.2) is 5.11 Å². The standard InChI is InChI=1S/C17H19NO/c19-15-10-9-14-7-4-8-17(16(14)11-15)18-12-13-5-2-1-3-6-13/h1-3,5-6,9-11,17-19H,4,7-8,12H2. The molecule has 2 aromatic carbocycles. The molecular formula is C17H19NO. The molecule has 2 N–H and O–H groups in total. The Hall–Kier alpha value is -1.80. The molecule has 1 unspecified atom stereocenters. The van der Waals surface area contributed by atoms with Gasteiger partial charge in [0.05, 0.1) is 0 Å². The van der Waals surface area contributed by atoms with Crippen molar-refractivity contribution in [2.75, 3.05) is 0 Å². The van der Waals surface area contributed by atoms with E-state index in [0.717, 1.165) is 19.4 Å². The fourth-order valence-corrected chi connectivity index (χ4v) is 2.84. The zero-order valence-electron chi connectivity index (χ0n) is 11.0. The Kier molecular flexibility index (Phi) is 3.51. The molecule has 0 heterocycles. The smallest absolute Gasteiger partial charge is 0.115 e. The Bertz CT molecular complexity index is 550. The van der Waals surface area contributed by atoms with Gasteiger partial charge in [-0.2, -0.15) is 0 Å². The second-order valence-corrected chi connectivity index (χ2v) is 5.19. The van der Waals surface area contributed by atoms with Gasteiger partial charge in [-0.15, -0.1) is 0 Å². The molecule has 1 atom stereocenters.